The van der Waals surface area contributed by atoms with Crippen molar-refractivity contribution in [2.24, 2.45) is 0 Å². The van der Waals surface area contributed by atoms with Gasteiger partial charge in [-0.15, -0.1) is 0 Å². The third kappa shape index (κ3) is 1.85. The fourth-order valence-electron chi connectivity index (χ4n) is 1.38. The van der Waals surface area contributed by atoms with Crippen LogP contribution in [-0.4, -0.2) is 12.6 Å². The van der Waals surface area contributed by atoms with Crippen molar-refractivity contribution < 1.29 is 9.53 Å². The van der Waals surface area contributed by atoms with E-state index in [1.165, 1.54) is 5.56 Å². The Bertz CT molecular complexity index is 334. The molecular formula is C10H12N2O2. The zero-order valence-electron chi connectivity index (χ0n) is 7.91. The molecule has 0 radical (unpaired) electrons. The summed E-state index contributed by atoms with van der Waals surface area (Å²) in [7, 11) is 0. The number of aryl methyl sites for hydroxylation is 1. The molecule has 1 saturated heterocycles. The Labute approximate surface area is 82.2 Å². The van der Waals surface area contributed by atoms with Crippen molar-refractivity contribution in [3.63, 3.8) is 0 Å². The lowest BCUT2D eigenvalue weighted by molar-refractivity contribution is 0.0679. The molecule has 1 aliphatic rings. The number of hydrogen-bond acceptors (Lipinski definition) is 3. The molecule has 4 nitrogen and oxygen atoms in total. The Morgan fingerprint density at radius 3 is 2.71 bits per heavy atom. The number of hydrogen-bond donors (Lipinski definition) is 2. The first-order valence-electron chi connectivity index (χ1n) is 4.52. The summed E-state index contributed by atoms with van der Waals surface area (Å²) < 4.78 is 5.10. The van der Waals surface area contributed by atoms with Crippen LogP contribution in [0.4, 0.5) is 4.79 Å². The van der Waals surface area contributed by atoms with Gasteiger partial charge in [0, 0.05) is 0 Å². The maximum absolute atomic E-state index is 10.9. The van der Waals surface area contributed by atoms with E-state index < -0.39 is 6.09 Å². The zero-order chi connectivity index (χ0) is 9.97. The molecule has 1 amide bonds. The minimum absolute atomic E-state index is 0.190. The molecule has 0 spiro atoms. The summed E-state index contributed by atoms with van der Waals surface area (Å²) in [6.45, 7) is 2.62. The summed E-state index contributed by atoms with van der Waals surface area (Å²) in [5.74, 6) is 0. The van der Waals surface area contributed by atoms with Crippen LogP contribution < -0.4 is 10.9 Å². The maximum atomic E-state index is 10.9. The van der Waals surface area contributed by atoms with Crippen LogP contribution in [0.25, 0.3) is 0 Å². The minimum atomic E-state index is -0.429. The summed E-state index contributed by atoms with van der Waals surface area (Å²) in [5.41, 5.74) is 7.36. The van der Waals surface area contributed by atoms with Gasteiger partial charge in [0.1, 0.15) is 6.10 Å². The number of amides is 1. The molecule has 1 fully saturated rings. The van der Waals surface area contributed by atoms with E-state index in [-0.39, 0.29) is 6.10 Å². The molecule has 4 heteroatoms. The Kier molecular flexibility index (Phi) is 2.37. The standard InChI is InChI=1S/C10H12N2O2/c1-7-2-4-8(5-3-7)9-6-11-12-10(13)14-9/h2-5,9,11H,6H2,1H3,(H,12,13). The van der Waals surface area contributed by atoms with E-state index in [1.54, 1.807) is 0 Å². The predicted molar refractivity (Wildman–Crippen MR) is 51.5 cm³/mol. The number of nitrogens with one attached hydrogen (secondary N) is 2. The fraction of sp³-hybridized carbons (Fsp3) is 0.300. The van der Waals surface area contributed by atoms with Crippen molar-refractivity contribution in [2.75, 3.05) is 6.54 Å². The number of ether oxygens (including phenoxy) is 1. The topological polar surface area (TPSA) is 50.4 Å². The average molecular weight is 192 g/mol. The lowest BCUT2D eigenvalue weighted by Crippen LogP contribution is -2.46. The third-order valence-electron chi connectivity index (χ3n) is 2.18. The molecule has 2 N–H and O–H groups in total. The largest absolute Gasteiger partial charge is 0.439 e. The van der Waals surface area contributed by atoms with E-state index in [1.807, 2.05) is 31.2 Å². The molecule has 1 heterocycles. The van der Waals surface area contributed by atoms with Crippen LogP contribution in [0.1, 0.15) is 17.2 Å². The molecule has 1 aromatic carbocycles. The summed E-state index contributed by atoms with van der Waals surface area (Å²) in [4.78, 5) is 10.9. The monoisotopic (exact) mass is 192 g/mol. The molecule has 0 aromatic heterocycles. The Hall–Kier alpha value is -1.55. The molecule has 0 aliphatic carbocycles. The lowest BCUT2D eigenvalue weighted by Gasteiger charge is -2.24. The van der Waals surface area contributed by atoms with Gasteiger partial charge >= 0.3 is 6.09 Å². The number of carbonyl (C=O) groups is 1. The van der Waals surface area contributed by atoms with E-state index in [4.69, 9.17) is 4.74 Å². The van der Waals surface area contributed by atoms with Crippen LogP contribution >= 0.6 is 0 Å². The van der Waals surface area contributed by atoms with Gasteiger partial charge in [0.05, 0.1) is 6.54 Å². The quantitative estimate of drug-likeness (QED) is 0.704. The van der Waals surface area contributed by atoms with Gasteiger partial charge in [-0.2, -0.15) is 0 Å². The van der Waals surface area contributed by atoms with Gasteiger partial charge in [-0.25, -0.2) is 10.2 Å². The Morgan fingerprint density at radius 2 is 2.07 bits per heavy atom. The molecule has 1 aliphatic heterocycles. The van der Waals surface area contributed by atoms with Crippen LogP contribution in [0.15, 0.2) is 24.3 Å². The van der Waals surface area contributed by atoms with E-state index in [9.17, 15) is 4.79 Å². The van der Waals surface area contributed by atoms with Crippen molar-refractivity contribution in [1.29, 1.82) is 0 Å². The van der Waals surface area contributed by atoms with Gasteiger partial charge in [-0.1, -0.05) is 29.8 Å². The molecular weight excluding hydrogens is 180 g/mol. The summed E-state index contributed by atoms with van der Waals surface area (Å²) in [5, 5.41) is 0. The van der Waals surface area contributed by atoms with Crippen LogP contribution in [-0.2, 0) is 4.74 Å². The zero-order valence-corrected chi connectivity index (χ0v) is 7.91. The molecule has 0 bridgehead atoms. The van der Waals surface area contributed by atoms with Crippen molar-refractivity contribution in [3.8, 4) is 0 Å². The van der Waals surface area contributed by atoms with E-state index in [2.05, 4.69) is 10.9 Å². The normalized spacial score (nSPS) is 21.2. The first-order chi connectivity index (χ1) is 6.75. The van der Waals surface area contributed by atoms with Gasteiger partial charge in [-0.3, -0.25) is 5.43 Å². The van der Waals surface area contributed by atoms with Gasteiger partial charge in [0.2, 0.25) is 0 Å². The number of hydrazine groups is 1. The van der Waals surface area contributed by atoms with Gasteiger partial charge in [-0.05, 0) is 12.5 Å². The van der Waals surface area contributed by atoms with Crippen LogP contribution in [0.3, 0.4) is 0 Å². The second-order valence-electron chi connectivity index (χ2n) is 3.31. The van der Waals surface area contributed by atoms with Gasteiger partial charge < -0.3 is 4.74 Å². The molecule has 74 valence electrons. The number of carbonyl (C=O) groups excluding carboxylic acids is 1. The highest BCUT2D eigenvalue weighted by Gasteiger charge is 2.20. The van der Waals surface area contributed by atoms with Crippen molar-refractivity contribution in [3.05, 3.63) is 35.4 Å². The number of rotatable bonds is 1. The number of cyclic esters (lactones) is 1. The van der Waals surface area contributed by atoms with Crippen LogP contribution in [0.5, 0.6) is 0 Å². The first-order valence-corrected chi connectivity index (χ1v) is 4.52. The van der Waals surface area contributed by atoms with Crippen molar-refractivity contribution in [1.82, 2.24) is 10.9 Å². The summed E-state index contributed by atoms with van der Waals surface area (Å²) >= 11 is 0. The Balaban J connectivity index is 2.14. The minimum Gasteiger partial charge on any atom is -0.439 e. The van der Waals surface area contributed by atoms with E-state index in [0.29, 0.717) is 6.54 Å². The molecule has 0 saturated carbocycles. The van der Waals surface area contributed by atoms with E-state index in [0.717, 1.165) is 5.56 Å². The summed E-state index contributed by atoms with van der Waals surface area (Å²) in [6, 6.07) is 7.96. The van der Waals surface area contributed by atoms with Gasteiger partial charge in [0.15, 0.2) is 0 Å². The third-order valence-corrected chi connectivity index (χ3v) is 2.18. The summed E-state index contributed by atoms with van der Waals surface area (Å²) in [6.07, 6.45) is -0.619. The highest BCUT2D eigenvalue weighted by molar-refractivity contribution is 5.67. The molecule has 2 rings (SSSR count). The predicted octanol–water partition coefficient (Wildman–Crippen LogP) is 1.28. The molecule has 1 aromatic rings. The van der Waals surface area contributed by atoms with Crippen molar-refractivity contribution in [2.45, 2.75) is 13.0 Å². The van der Waals surface area contributed by atoms with Crippen LogP contribution in [0, 0.1) is 6.92 Å². The fourth-order valence-corrected chi connectivity index (χ4v) is 1.38. The lowest BCUT2D eigenvalue weighted by atomic mass is 10.1. The second kappa shape index (κ2) is 3.67. The smallest absolute Gasteiger partial charge is 0.422 e. The molecule has 14 heavy (non-hydrogen) atoms. The van der Waals surface area contributed by atoms with E-state index >= 15 is 0 Å². The number of benzene rings is 1. The first kappa shape index (κ1) is 9.02. The second-order valence-corrected chi connectivity index (χ2v) is 3.31. The Morgan fingerprint density at radius 1 is 1.36 bits per heavy atom. The van der Waals surface area contributed by atoms with Gasteiger partial charge in [0.25, 0.3) is 0 Å². The molecule has 1 unspecified atom stereocenters. The average Bonchev–Trinajstić information content (AvgIpc) is 2.19. The highest BCUT2D eigenvalue weighted by Crippen LogP contribution is 2.18. The highest BCUT2D eigenvalue weighted by atomic mass is 16.6. The molecule has 1 atom stereocenters. The SMILES string of the molecule is Cc1ccc(C2CNNC(=O)O2)cc1. The van der Waals surface area contributed by atoms with Crippen molar-refractivity contribution >= 4 is 6.09 Å². The maximum Gasteiger partial charge on any atom is 0.422 e. The van der Waals surface area contributed by atoms with Crippen LogP contribution in [0.2, 0.25) is 0 Å².